The van der Waals surface area contributed by atoms with Crippen molar-refractivity contribution in [3.63, 3.8) is 0 Å². The largest absolute Gasteiger partial charge is 0.506 e. The van der Waals surface area contributed by atoms with Crippen LogP contribution in [0, 0.1) is 0 Å². The molecule has 2 unspecified atom stereocenters. The Labute approximate surface area is 200 Å². The SMILES string of the molecule is CC1C(=O)Nc2cc(C3=NC(Cc4ccc(Cl)cc4)C(=O)Nc4c(O)cc(Cl)cc43)ccc21. The molecule has 2 amide bonds. The molecule has 3 aromatic rings. The van der Waals surface area contributed by atoms with Crippen molar-refractivity contribution in [1.29, 1.82) is 0 Å². The summed E-state index contributed by atoms with van der Waals surface area (Å²) in [5.74, 6) is -0.795. The fourth-order valence-electron chi connectivity index (χ4n) is 4.18. The maximum atomic E-state index is 13.1. The molecule has 3 N–H and O–H groups in total. The third-order valence-corrected chi connectivity index (χ3v) is 6.43. The third-order valence-electron chi connectivity index (χ3n) is 5.96. The van der Waals surface area contributed by atoms with Crippen molar-refractivity contribution in [3.05, 3.63) is 86.9 Å². The molecule has 0 spiro atoms. The Morgan fingerprint density at radius 3 is 2.45 bits per heavy atom. The van der Waals surface area contributed by atoms with Gasteiger partial charge in [0.15, 0.2) is 0 Å². The van der Waals surface area contributed by atoms with E-state index in [1.807, 2.05) is 37.3 Å². The molecule has 3 aromatic carbocycles. The van der Waals surface area contributed by atoms with Crippen molar-refractivity contribution in [2.45, 2.75) is 25.3 Å². The summed E-state index contributed by atoms with van der Waals surface area (Å²) in [6.45, 7) is 1.85. The average molecular weight is 480 g/mol. The van der Waals surface area contributed by atoms with E-state index in [1.54, 1.807) is 18.2 Å². The first kappa shape index (κ1) is 21.5. The first-order chi connectivity index (χ1) is 15.8. The molecule has 2 atom stereocenters. The number of nitrogens with zero attached hydrogens (tertiary/aromatic N) is 1. The molecule has 0 radical (unpaired) electrons. The van der Waals surface area contributed by atoms with Gasteiger partial charge in [0.1, 0.15) is 11.8 Å². The number of anilines is 2. The Morgan fingerprint density at radius 1 is 0.939 bits per heavy atom. The van der Waals surface area contributed by atoms with E-state index in [1.165, 1.54) is 6.07 Å². The number of carbonyl (C=O) groups excluding carboxylic acids is 2. The van der Waals surface area contributed by atoms with Crippen molar-refractivity contribution in [2.75, 3.05) is 10.6 Å². The maximum absolute atomic E-state index is 13.1. The zero-order valence-electron chi connectivity index (χ0n) is 17.5. The Bertz CT molecular complexity index is 1340. The zero-order valence-corrected chi connectivity index (χ0v) is 19.0. The van der Waals surface area contributed by atoms with Gasteiger partial charge in [0.25, 0.3) is 0 Å². The van der Waals surface area contributed by atoms with E-state index in [2.05, 4.69) is 10.6 Å². The van der Waals surface area contributed by atoms with Crippen molar-refractivity contribution in [1.82, 2.24) is 0 Å². The van der Waals surface area contributed by atoms with Crippen LogP contribution in [0.15, 0.2) is 59.6 Å². The minimum atomic E-state index is -0.756. The lowest BCUT2D eigenvalue weighted by Crippen LogP contribution is -2.27. The van der Waals surface area contributed by atoms with Crippen molar-refractivity contribution in [2.24, 2.45) is 4.99 Å². The topological polar surface area (TPSA) is 90.8 Å². The van der Waals surface area contributed by atoms with Gasteiger partial charge in [-0.05, 0) is 42.3 Å². The van der Waals surface area contributed by atoms with Gasteiger partial charge in [0.2, 0.25) is 11.8 Å². The number of hydrogen-bond acceptors (Lipinski definition) is 4. The Kier molecular flexibility index (Phi) is 5.35. The standard InChI is InChI=1S/C25H19Cl2N3O3/c1-12-17-7-4-14(9-19(17)29-24(12)32)22-18-10-16(27)11-21(31)23(18)30-25(33)20(28-22)8-13-2-5-15(26)6-3-13/h2-7,9-12,20,31H,8H2,1H3,(H,29,32)(H,30,33). The van der Waals surface area contributed by atoms with Gasteiger partial charge in [-0.25, -0.2) is 0 Å². The van der Waals surface area contributed by atoms with Gasteiger partial charge >= 0.3 is 0 Å². The molecule has 2 aliphatic heterocycles. The highest BCUT2D eigenvalue weighted by Gasteiger charge is 2.31. The smallest absolute Gasteiger partial charge is 0.249 e. The number of amides is 2. The summed E-state index contributed by atoms with van der Waals surface area (Å²) in [7, 11) is 0. The van der Waals surface area contributed by atoms with Crippen LogP contribution in [0.25, 0.3) is 0 Å². The molecule has 2 aliphatic rings. The highest BCUT2D eigenvalue weighted by atomic mass is 35.5. The normalized spacial score (nSPS) is 19.2. The fraction of sp³-hybridized carbons (Fsp3) is 0.160. The van der Waals surface area contributed by atoms with Gasteiger partial charge in [0, 0.05) is 39.3 Å². The third kappa shape index (κ3) is 3.96. The number of aromatic hydroxyl groups is 1. The van der Waals surface area contributed by atoms with E-state index in [0.717, 1.165) is 11.1 Å². The van der Waals surface area contributed by atoms with Crippen molar-refractivity contribution in [3.8, 4) is 5.75 Å². The fourth-order valence-corrected chi connectivity index (χ4v) is 4.52. The van der Waals surface area contributed by atoms with E-state index in [9.17, 15) is 14.7 Å². The molecule has 2 heterocycles. The molecule has 166 valence electrons. The summed E-state index contributed by atoms with van der Waals surface area (Å²) in [5.41, 5.74) is 4.45. The summed E-state index contributed by atoms with van der Waals surface area (Å²) in [6, 6.07) is 15.1. The minimum absolute atomic E-state index is 0.0662. The number of carbonyl (C=O) groups is 2. The molecular formula is C25H19Cl2N3O3. The molecule has 0 aromatic heterocycles. The second kappa shape index (κ2) is 8.21. The van der Waals surface area contributed by atoms with Gasteiger partial charge < -0.3 is 15.7 Å². The van der Waals surface area contributed by atoms with E-state index in [0.29, 0.717) is 39.0 Å². The van der Waals surface area contributed by atoms with Crippen LogP contribution in [-0.2, 0) is 16.0 Å². The number of benzodiazepines with no additional fused rings is 1. The highest BCUT2D eigenvalue weighted by Crippen LogP contribution is 2.38. The molecule has 0 fully saturated rings. The average Bonchev–Trinajstić information content (AvgIpc) is 2.98. The Morgan fingerprint density at radius 2 is 1.70 bits per heavy atom. The quantitative estimate of drug-likeness (QED) is 0.453. The highest BCUT2D eigenvalue weighted by molar-refractivity contribution is 6.32. The van der Waals surface area contributed by atoms with Gasteiger partial charge in [-0.1, -0.05) is 47.5 Å². The second-order valence-electron chi connectivity index (χ2n) is 8.17. The van der Waals surface area contributed by atoms with Crippen LogP contribution in [0.4, 0.5) is 11.4 Å². The number of phenols is 1. The second-order valence-corrected chi connectivity index (χ2v) is 9.05. The number of hydrogen-bond donors (Lipinski definition) is 3. The van der Waals surface area contributed by atoms with Crippen molar-refractivity contribution >= 4 is 52.1 Å². The van der Waals surface area contributed by atoms with Crippen LogP contribution in [-0.4, -0.2) is 28.7 Å². The van der Waals surface area contributed by atoms with E-state index < -0.39 is 6.04 Å². The van der Waals surface area contributed by atoms with Gasteiger partial charge in [0.05, 0.1) is 17.3 Å². The number of halogens is 2. The molecular weight excluding hydrogens is 461 g/mol. The predicted molar refractivity (Wildman–Crippen MR) is 130 cm³/mol. The van der Waals surface area contributed by atoms with E-state index in [4.69, 9.17) is 28.2 Å². The Balaban J connectivity index is 1.65. The number of phenolic OH excluding ortho intramolecular Hbond substituents is 1. The first-order valence-electron chi connectivity index (χ1n) is 10.4. The van der Waals surface area contributed by atoms with Crippen LogP contribution in [0.5, 0.6) is 5.75 Å². The lowest BCUT2D eigenvalue weighted by molar-refractivity contribution is -0.117. The minimum Gasteiger partial charge on any atom is -0.506 e. The molecule has 0 bridgehead atoms. The number of benzene rings is 3. The lowest BCUT2D eigenvalue weighted by atomic mass is 9.96. The molecule has 0 saturated heterocycles. The predicted octanol–water partition coefficient (Wildman–Crippen LogP) is 5.16. The number of fused-ring (bicyclic) bond motifs is 2. The lowest BCUT2D eigenvalue weighted by Gasteiger charge is -2.13. The van der Waals surface area contributed by atoms with E-state index in [-0.39, 0.29) is 29.2 Å². The van der Waals surface area contributed by atoms with Crippen molar-refractivity contribution < 1.29 is 14.7 Å². The monoisotopic (exact) mass is 479 g/mol. The number of aliphatic imine (C=N–C) groups is 1. The summed E-state index contributed by atoms with van der Waals surface area (Å²) >= 11 is 12.2. The first-order valence-corrected chi connectivity index (χ1v) is 11.2. The van der Waals surface area contributed by atoms with Crippen LogP contribution in [0.1, 0.15) is 35.1 Å². The van der Waals surface area contributed by atoms with Crippen LogP contribution >= 0.6 is 23.2 Å². The summed E-state index contributed by atoms with van der Waals surface area (Å²) < 4.78 is 0. The summed E-state index contributed by atoms with van der Waals surface area (Å²) in [5, 5.41) is 17.2. The van der Waals surface area contributed by atoms with E-state index >= 15 is 0 Å². The molecule has 33 heavy (non-hydrogen) atoms. The van der Waals surface area contributed by atoms with Gasteiger partial charge in [-0.15, -0.1) is 0 Å². The number of rotatable bonds is 3. The molecule has 0 aliphatic carbocycles. The summed E-state index contributed by atoms with van der Waals surface area (Å²) in [6.07, 6.45) is 0.341. The van der Waals surface area contributed by atoms with Gasteiger partial charge in [-0.2, -0.15) is 0 Å². The van der Waals surface area contributed by atoms with Crippen LogP contribution in [0.2, 0.25) is 10.0 Å². The Hall–Kier alpha value is -3.35. The zero-order chi connectivity index (χ0) is 23.3. The maximum Gasteiger partial charge on any atom is 0.249 e. The molecule has 6 nitrogen and oxygen atoms in total. The molecule has 5 rings (SSSR count). The van der Waals surface area contributed by atoms with Gasteiger partial charge in [-0.3, -0.25) is 14.6 Å². The molecule has 8 heteroatoms. The van der Waals surface area contributed by atoms with Crippen LogP contribution < -0.4 is 10.6 Å². The molecule has 0 saturated carbocycles. The summed E-state index contributed by atoms with van der Waals surface area (Å²) in [4.78, 5) is 30.0. The van der Waals surface area contributed by atoms with Crippen LogP contribution in [0.3, 0.4) is 0 Å². The number of nitrogens with one attached hydrogen (secondary N) is 2.